The van der Waals surface area contributed by atoms with Crippen LogP contribution in [0.3, 0.4) is 0 Å². The van der Waals surface area contributed by atoms with Crippen molar-refractivity contribution in [1.82, 2.24) is 0 Å². The fraction of sp³-hybridized carbons (Fsp3) is 0.200. The maximum atomic E-state index is 6.46. The van der Waals surface area contributed by atoms with Gasteiger partial charge in [0.05, 0.1) is 7.11 Å². The molecule has 0 aliphatic carbocycles. The third kappa shape index (κ3) is 7.70. The van der Waals surface area contributed by atoms with E-state index in [0.717, 1.165) is 67.5 Å². The minimum atomic E-state index is 0.477. The largest absolute Gasteiger partial charge is 0.496 e. The van der Waals surface area contributed by atoms with Gasteiger partial charge in [-0.05, 0) is 66.6 Å². The first-order chi connectivity index (χ1) is 21.5. The van der Waals surface area contributed by atoms with Gasteiger partial charge in [-0.3, -0.25) is 0 Å². The number of ether oxygens (including phenoxy) is 4. The molecule has 4 heteroatoms. The van der Waals surface area contributed by atoms with Crippen molar-refractivity contribution in [3.05, 3.63) is 160 Å². The summed E-state index contributed by atoms with van der Waals surface area (Å²) in [7, 11) is 1.73. The number of benzene rings is 5. The monoisotopic (exact) mass is 584 g/mol. The molecule has 5 aromatic rings. The van der Waals surface area contributed by atoms with Crippen LogP contribution in [-0.4, -0.2) is 7.11 Å². The van der Waals surface area contributed by atoms with Gasteiger partial charge in [0.1, 0.15) is 42.8 Å². The highest BCUT2D eigenvalue weighted by atomic mass is 16.5. The zero-order valence-corrected chi connectivity index (χ0v) is 26.0. The maximum Gasteiger partial charge on any atom is 0.130 e. The molecule has 0 unspecified atom stereocenters. The van der Waals surface area contributed by atoms with Crippen LogP contribution < -0.4 is 18.9 Å². The minimum Gasteiger partial charge on any atom is -0.496 e. The van der Waals surface area contributed by atoms with E-state index in [4.69, 9.17) is 18.9 Å². The van der Waals surface area contributed by atoms with Crippen molar-refractivity contribution in [3.63, 3.8) is 0 Å². The molecule has 0 bridgehead atoms. The van der Waals surface area contributed by atoms with E-state index >= 15 is 0 Å². The third-order valence-corrected chi connectivity index (χ3v) is 7.81. The summed E-state index contributed by atoms with van der Waals surface area (Å²) < 4.78 is 24.8. The number of allylic oxidation sites excluding steroid dienone is 1. The van der Waals surface area contributed by atoms with Crippen molar-refractivity contribution in [3.8, 4) is 23.0 Å². The molecule has 0 spiro atoms. The second kappa shape index (κ2) is 15.0. The molecule has 4 nitrogen and oxygen atoms in total. The first-order valence-electron chi connectivity index (χ1n) is 15.0. The van der Waals surface area contributed by atoms with E-state index in [2.05, 4.69) is 75.4 Å². The summed E-state index contributed by atoms with van der Waals surface area (Å²) in [5.74, 6) is 3.35. The Kier molecular flexibility index (Phi) is 10.4. The molecule has 224 valence electrons. The van der Waals surface area contributed by atoms with E-state index in [1.165, 1.54) is 0 Å². The Bertz CT molecular complexity index is 1680. The summed E-state index contributed by atoms with van der Waals surface area (Å²) in [4.78, 5) is 0. The van der Waals surface area contributed by atoms with Gasteiger partial charge >= 0.3 is 0 Å². The molecule has 0 saturated carbocycles. The summed E-state index contributed by atoms with van der Waals surface area (Å²) in [6.07, 6.45) is 4.99. The molecule has 0 aromatic heterocycles. The van der Waals surface area contributed by atoms with Crippen LogP contribution in [0.5, 0.6) is 23.0 Å². The smallest absolute Gasteiger partial charge is 0.130 e. The van der Waals surface area contributed by atoms with E-state index in [-0.39, 0.29) is 0 Å². The molecular formula is C40H40O4. The van der Waals surface area contributed by atoms with Crippen LogP contribution in [0.4, 0.5) is 0 Å². The lowest BCUT2D eigenvalue weighted by molar-refractivity contribution is 0.288. The van der Waals surface area contributed by atoms with Crippen molar-refractivity contribution in [2.24, 2.45) is 0 Å². The Morgan fingerprint density at radius 2 is 1.07 bits per heavy atom. The number of rotatable bonds is 13. The summed E-state index contributed by atoms with van der Waals surface area (Å²) in [6.45, 7) is 7.74. The number of hydrogen-bond acceptors (Lipinski definition) is 4. The van der Waals surface area contributed by atoms with Crippen LogP contribution in [0.15, 0.2) is 115 Å². The highest BCUT2D eigenvalue weighted by Crippen LogP contribution is 2.39. The fourth-order valence-electron chi connectivity index (χ4n) is 5.25. The molecule has 0 aliphatic rings. The van der Waals surface area contributed by atoms with Gasteiger partial charge in [0.15, 0.2) is 0 Å². The van der Waals surface area contributed by atoms with E-state index in [1.54, 1.807) is 7.11 Å². The standard InChI is InChI=1S/C40H40O4/c1-29-30(2)40(44-28-34-19-12-7-13-20-34)37(31(3)39(29)41-4)22-14-21-35-23-24-36(42-26-32-15-8-5-9-16-32)25-38(35)43-27-33-17-10-6-11-18-33/h5-20,22-25H,21,26-28H2,1-4H3/b22-14+. The summed E-state index contributed by atoms with van der Waals surface area (Å²) in [6, 6.07) is 36.7. The van der Waals surface area contributed by atoms with E-state index in [1.807, 2.05) is 66.7 Å². The molecule has 0 aliphatic heterocycles. The second-order valence-electron chi connectivity index (χ2n) is 10.8. The Labute approximate surface area is 261 Å². The maximum absolute atomic E-state index is 6.46. The lowest BCUT2D eigenvalue weighted by Gasteiger charge is -2.20. The zero-order chi connectivity index (χ0) is 30.7. The quantitative estimate of drug-likeness (QED) is 0.138. The molecule has 44 heavy (non-hydrogen) atoms. The van der Waals surface area contributed by atoms with Gasteiger partial charge in [-0.1, -0.05) is 109 Å². The third-order valence-electron chi connectivity index (χ3n) is 7.81. The molecule has 0 amide bonds. The number of methoxy groups -OCH3 is 1. The van der Waals surface area contributed by atoms with Crippen LogP contribution in [0.25, 0.3) is 6.08 Å². The van der Waals surface area contributed by atoms with Crippen LogP contribution in [0.1, 0.15) is 44.5 Å². The predicted octanol–water partition coefficient (Wildman–Crippen LogP) is 9.61. The lowest BCUT2D eigenvalue weighted by Crippen LogP contribution is -2.04. The molecule has 0 heterocycles. The van der Waals surface area contributed by atoms with Crippen molar-refractivity contribution >= 4 is 6.08 Å². The van der Waals surface area contributed by atoms with Gasteiger partial charge < -0.3 is 18.9 Å². The highest BCUT2D eigenvalue weighted by molar-refractivity contribution is 5.69. The van der Waals surface area contributed by atoms with Gasteiger partial charge in [0.25, 0.3) is 0 Å². The summed E-state index contributed by atoms with van der Waals surface area (Å²) in [5, 5.41) is 0. The predicted molar refractivity (Wildman–Crippen MR) is 179 cm³/mol. The molecular weight excluding hydrogens is 544 g/mol. The molecule has 0 N–H and O–H groups in total. The first-order valence-corrected chi connectivity index (χ1v) is 15.0. The van der Waals surface area contributed by atoms with Crippen molar-refractivity contribution in [2.45, 2.75) is 47.0 Å². The number of hydrogen-bond donors (Lipinski definition) is 0. The molecule has 5 rings (SSSR count). The summed E-state index contributed by atoms with van der Waals surface area (Å²) in [5.41, 5.74) is 8.68. The van der Waals surface area contributed by atoms with Gasteiger partial charge in [-0.25, -0.2) is 0 Å². The van der Waals surface area contributed by atoms with Crippen LogP contribution in [0.2, 0.25) is 0 Å². The van der Waals surface area contributed by atoms with Crippen molar-refractivity contribution in [2.75, 3.05) is 7.11 Å². The minimum absolute atomic E-state index is 0.477. The Hall–Kier alpha value is -4.96. The SMILES string of the molecule is COc1c(C)c(C)c(OCc2ccccc2)c(/C=C/Cc2ccc(OCc3ccccc3)cc2OCc2ccccc2)c1C. The second-order valence-corrected chi connectivity index (χ2v) is 10.8. The molecule has 0 radical (unpaired) electrons. The topological polar surface area (TPSA) is 36.9 Å². The highest BCUT2D eigenvalue weighted by Gasteiger charge is 2.18. The summed E-state index contributed by atoms with van der Waals surface area (Å²) >= 11 is 0. The van der Waals surface area contributed by atoms with Gasteiger partial charge in [0.2, 0.25) is 0 Å². The van der Waals surface area contributed by atoms with Gasteiger partial charge in [-0.2, -0.15) is 0 Å². The van der Waals surface area contributed by atoms with Crippen molar-refractivity contribution < 1.29 is 18.9 Å². The zero-order valence-electron chi connectivity index (χ0n) is 26.0. The molecule has 0 atom stereocenters. The van der Waals surface area contributed by atoms with Crippen LogP contribution in [0, 0.1) is 20.8 Å². The fourth-order valence-corrected chi connectivity index (χ4v) is 5.25. The molecule has 0 saturated heterocycles. The van der Waals surface area contributed by atoms with Crippen molar-refractivity contribution in [1.29, 1.82) is 0 Å². The Balaban J connectivity index is 1.40. The molecule has 5 aromatic carbocycles. The molecule has 0 fully saturated rings. The first kappa shape index (κ1) is 30.5. The van der Waals surface area contributed by atoms with Gasteiger partial charge in [0, 0.05) is 17.2 Å². The average molecular weight is 585 g/mol. The Morgan fingerprint density at radius 1 is 0.545 bits per heavy atom. The van der Waals surface area contributed by atoms with Crippen LogP contribution >= 0.6 is 0 Å². The van der Waals surface area contributed by atoms with E-state index < -0.39 is 0 Å². The van der Waals surface area contributed by atoms with E-state index in [9.17, 15) is 0 Å². The van der Waals surface area contributed by atoms with E-state index in [0.29, 0.717) is 26.2 Å². The van der Waals surface area contributed by atoms with Gasteiger partial charge in [-0.15, -0.1) is 0 Å². The normalized spacial score (nSPS) is 11.0. The Morgan fingerprint density at radius 3 is 1.64 bits per heavy atom. The lowest BCUT2D eigenvalue weighted by atomic mass is 9.96. The van der Waals surface area contributed by atoms with Crippen LogP contribution in [-0.2, 0) is 26.2 Å². The average Bonchev–Trinajstić information content (AvgIpc) is 3.07.